The van der Waals surface area contributed by atoms with Crippen LogP contribution < -0.4 is 20.1 Å². The van der Waals surface area contributed by atoms with Crippen LogP contribution in [-0.2, 0) is 0 Å². The van der Waals surface area contributed by atoms with Gasteiger partial charge in [0, 0.05) is 24.3 Å². The van der Waals surface area contributed by atoms with Gasteiger partial charge in [0.05, 0.1) is 0 Å². The van der Waals surface area contributed by atoms with E-state index in [-0.39, 0.29) is 0 Å². The van der Waals surface area contributed by atoms with Crippen molar-refractivity contribution < 1.29 is 9.47 Å². The second kappa shape index (κ2) is 5.70. The van der Waals surface area contributed by atoms with Crippen molar-refractivity contribution >= 4 is 5.69 Å². The van der Waals surface area contributed by atoms with Crippen LogP contribution in [-0.4, -0.2) is 26.4 Å². The molecule has 0 spiro atoms. The average Bonchev–Trinajstić information content (AvgIpc) is 2.93. The number of anilines is 1. The topological polar surface area (TPSA) is 42.5 Å². The maximum absolute atomic E-state index is 5.39. The zero-order chi connectivity index (χ0) is 13.1. The summed E-state index contributed by atoms with van der Waals surface area (Å²) in [5.41, 5.74) is 1.12. The van der Waals surface area contributed by atoms with Crippen LogP contribution in [0.15, 0.2) is 18.2 Å². The third kappa shape index (κ3) is 2.95. The highest BCUT2D eigenvalue weighted by Gasteiger charge is 2.20. The lowest BCUT2D eigenvalue weighted by Crippen LogP contribution is -2.33. The Kier molecular flexibility index (Phi) is 3.78. The lowest BCUT2D eigenvalue weighted by Gasteiger charge is -2.29. The maximum Gasteiger partial charge on any atom is 0.231 e. The first-order valence-corrected chi connectivity index (χ1v) is 7.16. The fourth-order valence-electron chi connectivity index (χ4n) is 3.01. The molecule has 1 aromatic carbocycles. The van der Waals surface area contributed by atoms with E-state index in [1.54, 1.807) is 0 Å². The molecule has 1 heterocycles. The Balaban J connectivity index is 1.54. The zero-order valence-electron chi connectivity index (χ0n) is 11.4. The highest BCUT2D eigenvalue weighted by molar-refractivity contribution is 5.55. The number of nitrogens with one attached hydrogen (secondary N) is 2. The molecular formula is C15H22N2O2. The maximum atomic E-state index is 5.39. The van der Waals surface area contributed by atoms with Gasteiger partial charge in [-0.1, -0.05) is 6.42 Å². The summed E-state index contributed by atoms with van der Waals surface area (Å²) in [5, 5.41) is 6.93. The van der Waals surface area contributed by atoms with E-state index in [1.165, 1.54) is 25.7 Å². The lowest BCUT2D eigenvalue weighted by molar-refractivity contribution is 0.174. The van der Waals surface area contributed by atoms with Gasteiger partial charge >= 0.3 is 0 Å². The molecule has 104 valence electrons. The summed E-state index contributed by atoms with van der Waals surface area (Å²) in [4.78, 5) is 0. The van der Waals surface area contributed by atoms with Crippen molar-refractivity contribution in [3.05, 3.63) is 18.2 Å². The molecule has 0 bridgehead atoms. The first-order chi connectivity index (χ1) is 9.35. The van der Waals surface area contributed by atoms with E-state index in [2.05, 4.69) is 23.7 Å². The fraction of sp³-hybridized carbons (Fsp3) is 0.600. The molecule has 3 rings (SSSR count). The van der Waals surface area contributed by atoms with Crippen LogP contribution in [0, 0.1) is 5.92 Å². The molecule has 1 saturated carbocycles. The number of hydrogen-bond acceptors (Lipinski definition) is 4. The molecule has 1 aromatic rings. The Hall–Kier alpha value is -1.42. The number of benzene rings is 1. The van der Waals surface area contributed by atoms with Gasteiger partial charge in [0.1, 0.15) is 0 Å². The van der Waals surface area contributed by atoms with E-state index >= 15 is 0 Å². The molecule has 2 aliphatic rings. The van der Waals surface area contributed by atoms with E-state index in [4.69, 9.17) is 9.47 Å². The molecule has 0 saturated heterocycles. The average molecular weight is 262 g/mol. The van der Waals surface area contributed by atoms with E-state index in [1.807, 2.05) is 12.1 Å². The summed E-state index contributed by atoms with van der Waals surface area (Å²) in [6.07, 6.45) is 5.25. The van der Waals surface area contributed by atoms with E-state index in [0.29, 0.717) is 12.8 Å². The van der Waals surface area contributed by atoms with Crippen LogP contribution in [0.4, 0.5) is 5.69 Å². The van der Waals surface area contributed by atoms with Crippen molar-refractivity contribution in [2.45, 2.75) is 31.7 Å². The van der Waals surface area contributed by atoms with Crippen molar-refractivity contribution in [1.82, 2.24) is 5.32 Å². The van der Waals surface area contributed by atoms with Gasteiger partial charge in [0.15, 0.2) is 11.5 Å². The largest absolute Gasteiger partial charge is 0.454 e. The van der Waals surface area contributed by atoms with Crippen molar-refractivity contribution in [1.29, 1.82) is 0 Å². The predicted molar refractivity (Wildman–Crippen MR) is 75.9 cm³/mol. The van der Waals surface area contributed by atoms with Gasteiger partial charge in [-0.05, 0) is 44.4 Å². The zero-order valence-corrected chi connectivity index (χ0v) is 11.4. The molecule has 0 amide bonds. The van der Waals surface area contributed by atoms with Gasteiger partial charge < -0.3 is 20.1 Å². The van der Waals surface area contributed by atoms with Gasteiger partial charge in [-0.15, -0.1) is 0 Å². The van der Waals surface area contributed by atoms with Crippen LogP contribution in [0.3, 0.4) is 0 Å². The van der Waals surface area contributed by atoms with E-state index < -0.39 is 0 Å². The van der Waals surface area contributed by atoms with Crippen LogP contribution in [0.5, 0.6) is 11.5 Å². The Morgan fingerprint density at radius 3 is 3.00 bits per heavy atom. The fourth-order valence-corrected chi connectivity index (χ4v) is 3.01. The van der Waals surface area contributed by atoms with Crippen LogP contribution in [0.1, 0.15) is 25.7 Å². The van der Waals surface area contributed by atoms with E-state index in [9.17, 15) is 0 Å². The van der Waals surface area contributed by atoms with Crippen LogP contribution in [0.2, 0.25) is 0 Å². The minimum absolute atomic E-state index is 0.339. The van der Waals surface area contributed by atoms with Crippen LogP contribution >= 0.6 is 0 Å². The molecule has 19 heavy (non-hydrogen) atoms. The Labute approximate surface area is 114 Å². The Morgan fingerprint density at radius 1 is 1.21 bits per heavy atom. The molecule has 2 atom stereocenters. The first-order valence-electron chi connectivity index (χ1n) is 7.16. The van der Waals surface area contributed by atoms with Gasteiger partial charge in [-0.3, -0.25) is 0 Å². The standard InChI is InChI=1S/C15H22N2O2/c1-16-12-4-2-3-11(7-12)9-17-13-5-6-14-15(8-13)19-10-18-14/h5-6,8,11-12,16-17H,2-4,7,9-10H2,1H3. The second-order valence-electron chi connectivity index (χ2n) is 5.47. The molecule has 1 fully saturated rings. The van der Waals surface area contributed by atoms with Crippen LogP contribution in [0.25, 0.3) is 0 Å². The van der Waals surface area contributed by atoms with Crippen molar-refractivity contribution in [3.63, 3.8) is 0 Å². The van der Waals surface area contributed by atoms with Gasteiger partial charge in [-0.25, -0.2) is 0 Å². The third-order valence-electron chi connectivity index (χ3n) is 4.16. The molecule has 1 aliphatic carbocycles. The number of fused-ring (bicyclic) bond motifs is 1. The van der Waals surface area contributed by atoms with Gasteiger partial charge in [0.2, 0.25) is 6.79 Å². The monoisotopic (exact) mass is 262 g/mol. The predicted octanol–water partition coefficient (Wildman–Crippen LogP) is 2.61. The van der Waals surface area contributed by atoms with Crippen molar-refractivity contribution in [2.75, 3.05) is 25.7 Å². The number of rotatable bonds is 4. The lowest BCUT2D eigenvalue weighted by atomic mass is 9.85. The summed E-state index contributed by atoms with van der Waals surface area (Å²) in [6, 6.07) is 6.76. The quantitative estimate of drug-likeness (QED) is 0.875. The van der Waals surface area contributed by atoms with Crippen molar-refractivity contribution in [2.24, 2.45) is 5.92 Å². The molecule has 2 unspecified atom stereocenters. The summed E-state index contributed by atoms with van der Waals surface area (Å²) in [6.45, 7) is 1.38. The highest BCUT2D eigenvalue weighted by Crippen LogP contribution is 2.34. The summed E-state index contributed by atoms with van der Waals surface area (Å²) < 4.78 is 10.7. The van der Waals surface area contributed by atoms with Crippen molar-refractivity contribution in [3.8, 4) is 11.5 Å². The van der Waals surface area contributed by atoms with Gasteiger partial charge in [0.25, 0.3) is 0 Å². The number of hydrogen-bond donors (Lipinski definition) is 2. The second-order valence-corrected chi connectivity index (χ2v) is 5.47. The summed E-state index contributed by atoms with van der Waals surface area (Å²) in [5.74, 6) is 2.46. The molecule has 0 aromatic heterocycles. The highest BCUT2D eigenvalue weighted by atomic mass is 16.7. The summed E-state index contributed by atoms with van der Waals surface area (Å²) in [7, 11) is 2.07. The SMILES string of the molecule is CNC1CCCC(CNc2ccc3c(c2)OCO3)C1. The summed E-state index contributed by atoms with van der Waals surface area (Å²) >= 11 is 0. The molecule has 4 nitrogen and oxygen atoms in total. The third-order valence-corrected chi connectivity index (χ3v) is 4.16. The minimum atomic E-state index is 0.339. The van der Waals surface area contributed by atoms with E-state index in [0.717, 1.165) is 29.6 Å². The molecular weight excluding hydrogens is 240 g/mol. The first kappa shape index (κ1) is 12.6. The smallest absolute Gasteiger partial charge is 0.231 e. The molecule has 0 radical (unpaired) electrons. The molecule has 1 aliphatic heterocycles. The Bertz CT molecular complexity index is 436. The Morgan fingerprint density at radius 2 is 2.11 bits per heavy atom. The minimum Gasteiger partial charge on any atom is -0.454 e. The molecule has 2 N–H and O–H groups in total. The number of ether oxygens (including phenoxy) is 2. The molecule has 4 heteroatoms. The normalized spacial score (nSPS) is 25.3. The van der Waals surface area contributed by atoms with Gasteiger partial charge in [-0.2, -0.15) is 0 Å².